The molecule has 1 N–H and O–H groups in total. The summed E-state index contributed by atoms with van der Waals surface area (Å²) in [6.07, 6.45) is -0.578. The first-order chi connectivity index (χ1) is 8.62. The van der Waals surface area contributed by atoms with Crippen LogP contribution in [0.3, 0.4) is 0 Å². The van der Waals surface area contributed by atoms with E-state index in [0.29, 0.717) is 18.8 Å². The van der Waals surface area contributed by atoms with E-state index in [-0.39, 0.29) is 0 Å². The van der Waals surface area contributed by atoms with Gasteiger partial charge >= 0.3 is 0 Å². The van der Waals surface area contributed by atoms with E-state index < -0.39 is 24.0 Å². The lowest BCUT2D eigenvalue weighted by Crippen LogP contribution is -2.34. The smallest absolute Gasteiger partial charge is 0.176 e. The molecule has 1 aromatic carbocycles. The minimum Gasteiger partial charge on any atom is -0.351 e. The number of hydrogen-bond acceptors (Lipinski definition) is 3. The van der Waals surface area contributed by atoms with Crippen molar-refractivity contribution in [1.29, 1.82) is 0 Å². The van der Waals surface area contributed by atoms with Crippen molar-refractivity contribution in [3.63, 3.8) is 0 Å². The number of hydrogen-bond donors (Lipinski definition) is 1. The molecule has 0 aliphatic carbocycles. The second-order valence-electron chi connectivity index (χ2n) is 3.75. The van der Waals surface area contributed by atoms with E-state index in [0.717, 1.165) is 6.07 Å². The van der Waals surface area contributed by atoms with Crippen LogP contribution in [-0.4, -0.2) is 26.6 Å². The average molecular weight is 259 g/mol. The summed E-state index contributed by atoms with van der Waals surface area (Å²) in [5.74, 6) is -1.23. The molecule has 3 nitrogen and oxygen atoms in total. The zero-order valence-corrected chi connectivity index (χ0v) is 10.9. The summed E-state index contributed by atoms with van der Waals surface area (Å²) >= 11 is 0. The maximum absolute atomic E-state index is 13.2. The van der Waals surface area contributed by atoms with Gasteiger partial charge in [0.2, 0.25) is 0 Å². The van der Waals surface area contributed by atoms with Crippen LogP contribution in [0.25, 0.3) is 0 Å². The Labute approximate surface area is 106 Å². The van der Waals surface area contributed by atoms with Gasteiger partial charge in [-0.2, -0.15) is 0 Å². The van der Waals surface area contributed by atoms with Gasteiger partial charge in [-0.3, -0.25) is 0 Å². The Morgan fingerprint density at radius 2 is 1.56 bits per heavy atom. The van der Waals surface area contributed by atoms with Gasteiger partial charge in [-0.05, 0) is 38.6 Å². The Bertz CT molecular complexity index is 348. The monoisotopic (exact) mass is 259 g/mol. The van der Waals surface area contributed by atoms with Crippen molar-refractivity contribution in [3.8, 4) is 0 Å². The quantitative estimate of drug-likeness (QED) is 0.764. The van der Waals surface area contributed by atoms with Crippen molar-refractivity contribution in [2.45, 2.75) is 26.2 Å². The number of halogens is 2. The van der Waals surface area contributed by atoms with Gasteiger partial charge in [0.15, 0.2) is 6.29 Å². The highest BCUT2D eigenvalue weighted by atomic mass is 19.1. The van der Waals surface area contributed by atoms with E-state index >= 15 is 0 Å². The Hall–Kier alpha value is -1.04. The number of nitrogens with one attached hydrogen (secondary N) is 1. The summed E-state index contributed by atoms with van der Waals surface area (Å²) < 4.78 is 37.3. The minimum atomic E-state index is -0.614. The van der Waals surface area contributed by atoms with Crippen LogP contribution in [0.2, 0.25) is 0 Å². The molecule has 18 heavy (non-hydrogen) atoms. The molecule has 0 spiro atoms. The molecule has 0 heterocycles. The molecule has 0 aromatic heterocycles. The van der Waals surface area contributed by atoms with Crippen molar-refractivity contribution < 1.29 is 18.3 Å². The number of likely N-dealkylation sites (N-methyl/N-ethyl adjacent to an activating group) is 1. The van der Waals surface area contributed by atoms with Gasteiger partial charge < -0.3 is 14.8 Å². The lowest BCUT2D eigenvalue weighted by atomic mass is 10.1. The fourth-order valence-electron chi connectivity index (χ4n) is 1.78. The van der Waals surface area contributed by atoms with Crippen molar-refractivity contribution in [2.75, 3.05) is 20.3 Å². The first kappa shape index (κ1) is 15.0. The predicted molar refractivity (Wildman–Crippen MR) is 65.2 cm³/mol. The first-order valence-corrected chi connectivity index (χ1v) is 5.98. The van der Waals surface area contributed by atoms with E-state index in [9.17, 15) is 8.78 Å². The fraction of sp³-hybridized carbons (Fsp3) is 0.538. The summed E-state index contributed by atoms with van der Waals surface area (Å²) in [6, 6.07) is 2.96. The van der Waals surface area contributed by atoms with Gasteiger partial charge in [0, 0.05) is 19.3 Å². The molecule has 1 atom stereocenters. The third-order valence-electron chi connectivity index (χ3n) is 2.49. The third-order valence-corrected chi connectivity index (χ3v) is 2.49. The maximum atomic E-state index is 13.2. The zero-order valence-electron chi connectivity index (χ0n) is 10.9. The van der Waals surface area contributed by atoms with E-state index in [2.05, 4.69) is 5.32 Å². The summed E-state index contributed by atoms with van der Waals surface area (Å²) in [5.41, 5.74) is 0.460. The molecule has 0 saturated carbocycles. The summed E-state index contributed by atoms with van der Waals surface area (Å²) in [6.45, 7) is 4.59. The van der Waals surface area contributed by atoms with Gasteiger partial charge in [-0.15, -0.1) is 0 Å². The highest BCUT2D eigenvalue weighted by Gasteiger charge is 2.23. The first-order valence-electron chi connectivity index (χ1n) is 5.98. The second-order valence-corrected chi connectivity index (χ2v) is 3.75. The largest absolute Gasteiger partial charge is 0.351 e. The highest BCUT2D eigenvalue weighted by molar-refractivity contribution is 5.22. The van der Waals surface area contributed by atoms with Crippen LogP contribution in [0.5, 0.6) is 0 Å². The predicted octanol–water partition coefficient (Wildman–Crippen LogP) is 2.62. The molecular weight excluding hydrogens is 240 g/mol. The second kappa shape index (κ2) is 7.41. The van der Waals surface area contributed by atoms with E-state index in [4.69, 9.17) is 9.47 Å². The van der Waals surface area contributed by atoms with Crippen molar-refractivity contribution in [2.24, 2.45) is 0 Å². The number of rotatable bonds is 7. The van der Waals surface area contributed by atoms with Gasteiger partial charge in [-0.1, -0.05) is 0 Å². The SMILES string of the molecule is CCOC(OCC)C(NC)c1cc(F)cc(F)c1. The van der Waals surface area contributed by atoms with Crippen LogP contribution in [-0.2, 0) is 9.47 Å². The molecule has 0 aliphatic rings. The molecule has 0 fully saturated rings. The van der Waals surface area contributed by atoms with Crippen LogP contribution in [0.15, 0.2) is 18.2 Å². The Balaban J connectivity index is 2.97. The van der Waals surface area contributed by atoms with E-state index in [1.807, 2.05) is 13.8 Å². The fourth-order valence-corrected chi connectivity index (χ4v) is 1.78. The Morgan fingerprint density at radius 3 is 1.94 bits per heavy atom. The molecule has 5 heteroatoms. The summed E-state index contributed by atoms with van der Waals surface area (Å²) in [5, 5.41) is 2.96. The van der Waals surface area contributed by atoms with Crippen molar-refractivity contribution in [3.05, 3.63) is 35.4 Å². The Morgan fingerprint density at radius 1 is 1.06 bits per heavy atom. The van der Waals surface area contributed by atoms with Gasteiger partial charge in [-0.25, -0.2) is 8.78 Å². The molecule has 0 radical (unpaired) electrons. The molecule has 1 unspecified atom stereocenters. The zero-order chi connectivity index (χ0) is 13.5. The topological polar surface area (TPSA) is 30.5 Å². The van der Waals surface area contributed by atoms with Crippen molar-refractivity contribution in [1.82, 2.24) is 5.32 Å². The van der Waals surface area contributed by atoms with Crippen LogP contribution < -0.4 is 5.32 Å². The van der Waals surface area contributed by atoms with Crippen molar-refractivity contribution >= 4 is 0 Å². The van der Waals surface area contributed by atoms with Crippen LogP contribution in [0.1, 0.15) is 25.5 Å². The average Bonchev–Trinajstić information content (AvgIpc) is 2.29. The molecule has 1 aromatic rings. The van der Waals surface area contributed by atoms with Gasteiger partial charge in [0.05, 0.1) is 6.04 Å². The highest BCUT2D eigenvalue weighted by Crippen LogP contribution is 2.22. The maximum Gasteiger partial charge on any atom is 0.176 e. The van der Waals surface area contributed by atoms with E-state index in [1.165, 1.54) is 12.1 Å². The van der Waals surface area contributed by atoms with Gasteiger partial charge in [0.25, 0.3) is 0 Å². The molecule has 0 bridgehead atoms. The molecule has 1 rings (SSSR count). The van der Waals surface area contributed by atoms with Crippen LogP contribution >= 0.6 is 0 Å². The molecule has 0 amide bonds. The van der Waals surface area contributed by atoms with Gasteiger partial charge in [0.1, 0.15) is 11.6 Å². The molecular formula is C13H19F2NO2. The minimum absolute atomic E-state index is 0.421. The number of benzene rings is 1. The van der Waals surface area contributed by atoms with Crippen LogP contribution in [0.4, 0.5) is 8.78 Å². The third kappa shape index (κ3) is 4.01. The molecule has 0 saturated heterocycles. The van der Waals surface area contributed by atoms with Crippen LogP contribution in [0, 0.1) is 11.6 Å². The Kier molecular flexibility index (Phi) is 6.18. The number of ether oxygens (including phenoxy) is 2. The van der Waals surface area contributed by atoms with E-state index in [1.54, 1.807) is 7.05 Å². The summed E-state index contributed by atoms with van der Waals surface area (Å²) in [7, 11) is 1.69. The normalized spacial score (nSPS) is 13.0. The standard InChI is InChI=1S/C13H19F2NO2/c1-4-17-13(18-5-2)12(16-3)9-6-10(14)8-11(15)7-9/h6-8,12-13,16H,4-5H2,1-3H3. The molecule has 0 aliphatic heterocycles. The summed E-state index contributed by atoms with van der Waals surface area (Å²) in [4.78, 5) is 0. The lowest BCUT2D eigenvalue weighted by Gasteiger charge is -2.26. The molecule has 102 valence electrons. The lowest BCUT2D eigenvalue weighted by molar-refractivity contribution is -0.154.